The molecule has 1 aromatic carbocycles. The number of carbonyl (C=O) groups is 2. The predicted octanol–water partition coefficient (Wildman–Crippen LogP) is 2.74. The fourth-order valence-corrected chi connectivity index (χ4v) is 1.74. The molecule has 0 aliphatic heterocycles. The van der Waals surface area contributed by atoms with Crippen LogP contribution in [0, 0.1) is 6.92 Å². The Balaban J connectivity index is 2.58. The van der Waals surface area contributed by atoms with E-state index in [2.05, 4.69) is 5.32 Å². The Morgan fingerprint density at radius 1 is 1.28 bits per heavy atom. The molecule has 1 rings (SSSR count). The third-order valence-corrected chi connectivity index (χ3v) is 2.63. The highest BCUT2D eigenvalue weighted by molar-refractivity contribution is 5.95. The maximum atomic E-state index is 11.3. The maximum absolute atomic E-state index is 11.3. The van der Waals surface area contributed by atoms with Gasteiger partial charge in [-0.15, -0.1) is 0 Å². The van der Waals surface area contributed by atoms with Gasteiger partial charge in [0.25, 0.3) is 0 Å². The Labute approximate surface area is 108 Å². The quantitative estimate of drug-likeness (QED) is 0.640. The minimum absolute atomic E-state index is 0.00921. The SMILES string of the molecule is CC(=O)NCCC=Cc1ccc(C(C)=O)c(C)c1. The van der Waals surface area contributed by atoms with Gasteiger partial charge >= 0.3 is 0 Å². The first-order valence-electron chi connectivity index (χ1n) is 6.03. The van der Waals surface area contributed by atoms with Gasteiger partial charge in [0, 0.05) is 19.0 Å². The van der Waals surface area contributed by atoms with Crippen LogP contribution in [0.4, 0.5) is 0 Å². The van der Waals surface area contributed by atoms with E-state index in [0.29, 0.717) is 6.54 Å². The van der Waals surface area contributed by atoms with E-state index in [0.717, 1.165) is 23.1 Å². The molecule has 0 saturated heterocycles. The Kier molecular flexibility index (Phi) is 5.31. The molecule has 0 unspecified atom stereocenters. The van der Waals surface area contributed by atoms with Crippen molar-refractivity contribution in [2.24, 2.45) is 0 Å². The van der Waals surface area contributed by atoms with Gasteiger partial charge in [0.15, 0.2) is 5.78 Å². The van der Waals surface area contributed by atoms with Crippen LogP contribution in [-0.4, -0.2) is 18.2 Å². The first kappa shape index (κ1) is 14.2. The Hall–Kier alpha value is -1.90. The fraction of sp³-hybridized carbons (Fsp3) is 0.333. The number of ketones is 1. The van der Waals surface area contributed by atoms with E-state index in [1.54, 1.807) is 6.92 Å². The van der Waals surface area contributed by atoms with Gasteiger partial charge in [-0.25, -0.2) is 0 Å². The molecule has 0 aliphatic rings. The Bertz CT molecular complexity index is 475. The van der Waals surface area contributed by atoms with Crippen molar-refractivity contribution in [2.75, 3.05) is 6.54 Å². The summed E-state index contributed by atoms with van der Waals surface area (Å²) in [5.74, 6) is 0.0822. The van der Waals surface area contributed by atoms with E-state index in [4.69, 9.17) is 0 Å². The summed E-state index contributed by atoms with van der Waals surface area (Å²) in [6, 6.07) is 5.77. The average molecular weight is 245 g/mol. The van der Waals surface area contributed by atoms with E-state index in [1.807, 2.05) is 37.3 Å². The van der Waals surface area contributed by atoms with Crippen LogP contribution in [0.15, 0.2) is 24.3 Å². The topological polar surface area (TPSA) is 46.2 Å². The first-order valence-corrected chi connectivity index (χ1v) is 6.03. The summed E-state index contributed by atoms with van der Waals surface area (Å²) in [6.45, 7) is 5.67. The highest BCUT2D eigenvalue weighted by Crippen LogP contribution is 2.13. The van der Waals surface area contributed by atoms with E-state index in [9.17, 15) is 9.59 Å². The van der Waals surface area contributed by atoms with Crippen LogP contribution in [-0.2, 0) is 4.79 Å². The molecule has 18 heavy (non-hydrogen) atoms. The number of hydrogen-bond acceptors (Lipinski definition) is 2. The number of Topliss-reactive ketones (excluding diaryl/α,β-unsaturated/α-hetero) is 1. The Morgan fingerprint density at radius 2 is 2.00 bits per heavy atom. The van der Waals surface area contributed by atoms with Gasteiger partial charge in [0.05, 0.1) is 0 Å². The van der Waals surface area contributed by atoms with E-state index < -0.39 is 0 Å². The molecule has 0 fully saturated rings. The van der Waals surface area contributed by atoms with Crippen molar-refractivity contribution < 1.29 is 9.59 Å². The molecule has 0 heterocycles. The van der Waals surface area contributed by atoms with Crippen molar-refractivity contribution in [3.05, 3.63) is 41.0 Å². The lowest BCUT2D eigenvalue weighted by molar-refractivity contribution is -0.118. The summed E-state index contributed by atoms with van der Waals surface area (Å²) in [4.78, 5) is 21.9. The first-order chi connectivity index (χ1) is 8.50. The van der Waals surface area contributed by atoms with Crippen molar-refractivity contribution in [1.29, 1.82) is 0 Å². The van der Waals surface area contributed by atoms with Gasteiger partial charge in [-0.05, 0) is 31.4 Å². The fourth-order valence-electron chi connectivity index (χ4n) is 1.74. The third-order valence-electron chi connectivity index (χ3n) is 2.63. The monoisotopic (exact) mass is 245 g/mol. The number of aryl methyl sites for hydroxylation is 1. The molecule has 0 spiro atoms. The smallest absolute Gasteiger partial charge is 0.216 e. The lowest BCUT2D eigenvalue weighted by Gasteiger charge is -2.03. The number of rotatable bonds is 5. The standard InChI is InChI=1S/C15H19NO2/c1-11-10-14(7-8-15(11)12(2)17)6-4-5-9-16-13(3)18/h4,6-8,10H,5,9H2,1-3H3,(H,16,18). The van der Waals surface area contributed by atoms with Crippen LogP contribution in [0.5, 0.6) is 0 Å². The van der Waals surface area contributed by atoms with Gasteiger partial charge in [-0.2, -0.15) is 0 Å². The van der Waals surface area contributed by atoms with Crippen LogP contribution >= 0.6 is 0 Å². The maximum Gasteiger partial charge on any atom is 0.216 e. The summed E-state index contributed by atoms with van der Waals surface area (Å²) in [5.41, 5.74) is 2.83. The van der Waals surface area contributed by atoms with Crippen molar-refractivity contribution in [2.45, 2.75) is 27.2 Å². The van der Waals surface area contributed by atoms with Gasteiger partial charge in [0.2, 0.25) is 5.91 Å². The number of hydrogen-bond donors (Lipinski definition) is 1. The molecule has 1 N–H and O–H groups in total. The summed E-state index contributed by atoms with van der Waals surface area (Å²) < 4.78 is 0. The summed E-state index contributed by atoms with van der Waals surface area (Å²) in [5, 5.41) is 2.73. The van der Waals surface area contributed by atoms with E-state index in [-0.39, 0.29) is 11.7 Å². The highest BCUT2D eigenvalue weighted by Gasteiger charge is 2.02. The number of carbonyl (C=O) groups excluding carboxylic acids is 2. The van der Waals surface area contributed by atoms with Gasteiger partial charge in [-0.1, -0.05) is 30.4 Å². The largest absolute Gasteiger partial charge is 0.356 e. The van der Waals surface area contributed by atoms with E-state index in [1.165, 1.54) is 6.92 Å². The molecule has 0 saturated carbocycles. The van der Waals surface area contributed by atoms with Crippen LogP contribution in [0.25, 0.3) is 6.08 Å². The average Bonchev–Trinajstić information content (AvgIpc) is 2.27. The molecule has 3 heteroatoms. The molecule has 96 valence electrons. The van der Waals surface area contributed by atoms with Crippen molar-refractivity contribution in [3.63, 3.8) is 0 Å². The molecular weight excluding hydrogens is 226 g/mol. The molecule has 0 bridgehead atoms. The highest BCUT2D eigenvalue weighted by atomic mass is 16.1. The Morgan fingerprint density at radius 3 is 2.56 bits per heavy atom. The van der Waals surface area contributed by atoms with Crippen LogP contribution in [0.2, 0.25) is 0 Å². The lowest BCUT2D eigenvalue weighted by atomic mass is 10.0. The summed E-state index contributed by atoms with van der Waals surface area (Å²) in [6.07, 6.45) is 4.81. The van der Waals surface area contributed by atoms with Crippen molar-refractivity contribution in [3.8, 4) is 0 Å². The molecular formula is C15H19NO2. The van der Waals surface area contributed by atoms with Crippen LogP contribution in [0.1, 0.15) is 41.8 Å². The second-order valence-electron chi connectivity index (χ2n) is 4.30. The second kappa shape index (κ2) is 6.74. The van der Waals surface area contributed by atoms with E-state index >= 15 is 0 Å². The molecule has 0 atom stereocenters. The predicted molar refractivity (Wildman–Crippen MR) is 73.5 cm³/mol. The van der Waals surface area contributed by atoms with Crippen molar-refractivity contribution in [1.82, 2.24) is 5.32 Å². The zero-order chi connectivity index (χ0) is 13.5. The van der Waals surface area contributed by atoms with Crippen LogP contribution < -0.4 is 5.32 Å². The van der Waals surface area contributed by atoms with Gasteiger partial charge in [-0.3, -0.25) is 9.59 Å². The van der Waals surface area contributed by atoms with Crippen LogP contribution in [0.3, 0.4) is 0 Å². The number of benzene rings is 1. The normalized spacial score (nSPS) is 10.6. The molecule has 3 nitrogen and oxygen atoms in total. The summed E-state index contributed by atoms with van der Waals surface area (Å²) in [7, 11) is 0. The minimum atomic E-state index is -0.00921. The van der Waals surface area contributed by atoms with Gasteiger partial charge in [0.1, 0.15) is 0 Å². The lowest BCUT2D eigenvalue weighted by Crippen LogP contribution is -2.20. The third kappa shape index (κ3) is 4.53. The zero-order valence-electron chi connectivity index (χ0n) is 11.1. The van der Waals surface area contributed by atoms with Gasteiger partial charge < -0.3 is 5.32 Å². The summed E-state index contributed by atoms with van der Waals surface area (Å²) >= 11 is 0. The molecule has 1 aromatic rings. The van der Waals surface area contributed by atoms with Crippen molar-refractivity contribution >= 4 is 17.8 Å². The zero-order valence-corrected chi connectivity index (χ0v) is 11.1. The molecule has 0 aliphatic carbocycles. The second-order valence-corrected chi connectivity index (χ2v) is 4.30. The number of nitrogens with one attached hydrogen (secondary N) is 1. The molecule has 1 amide bonds. The molecule has 0 radical (unpaired) electrons. The minimum Gasteiger partial charge on any atom is -0.356 e. The molecule has 0 aromatic heterocycles. The number of amides is 1.